The summed E-state index contributed by atoms with van der Waals surface area (Å²) in [4.78, 5) is 0. The van der Waals surface area contributed by atoms with Gasteiger partial charge in [-0.2, -0.15) is 10.4 Å². The summed E-state index contributed by atoms with van der Waals surface area (Å²) in [6.45, 7) is 0. The van der Waals surface area contributed by atoms with Crippen molar-refractivity contribution >= 4 is 5.90 Å². The molecule has 0 aliphatic carbocycles. The van der Waals surface area contributed by atoms with Gasteiger partial charge in [0.2, 0.25) is 11.8 Å². The maximum absolute atomic E-state index is 9.77. The summed E-state index contributed by atoms with van der Waals surface area (Å²) in [7, 11) is 3.40. The minimum atomic E-state index is -0.724. The van der Waals surface area contributed by atoms with Crippen LogP contribution in [0.15, 0.2) is 54.6 Å². The van der Waals surface area contributed by atoms with Gasteiger partial charge in [-0.15, -0.1) is 0 Å². The van der Waals surface area contributed by atoms with Gasteiger partial charge in [-0.25, -0.2) is 4.68 Å². The molecule has 2 atom stereocenters. The van der Waals surface area contributed by atoms with Gasteiger partial charge in [-0.05, 0) is 17.7 Å². The Hall–Kier alpha value is -3.59. The summed E-state index contributed by atoms with van der Waals surface area (Å²) >= 11 is 0. The maximum Gasteiger partial charge on any atom is 0.223 e. The predicted molar refractivity (Wildman–Crippen MR) is 101 cm³/mol. The molecule has 0 spiro atoms. The molecule has 0 bridgehead atoms. The van der Waals surface area contributed by atoms with Gasteiger partial charge in [0.15, 0.2) is 0 Å². The number of hydrogen-bond acceptors (Lipinski definition) is 5. The number of rotatable bonds is 3. The fourth-order valence-electron chi connectivity index (χ4n) is 3.52. The van der Waals surface area contributed by atoms with Crippen molar-refractivity contribution in [2.75, 3.05) is 7.11 Å². The van der Waals surface area contributed by atoms with Crippen LogP contribution in [0.5, 0.6) is 11.6 Å². The Kier molecular flexibility index (Phi) is 4.13. The van der Waals surface area contributed by atoms with Crippen molar-refractivity contribution in [2.45, 2.75) is 5.92 Å². The molecule has 0 radical (unpaired) electrons. The SMILES string of the molecule is COc1ccc(C2c3c(-c4ccccc4)nn(C)c3OC(=N)C2C#N)cc1. The summed E-state index contributed by atoms with van der Waals surface area (Å²) in [5.41, 5.74) is 3.46. The predicted octanol–water partition coefficient (Wildman–Crippen LogP) is 3.74. The monoisotopic (exact) mass is 358 g/mol. The van der Waals surface area contributed by atoms with E-state index in [1.54, 1.807) is 18.8 Å². The number of hydrogen-bond donors (Lipinski definition) is 1. The van der Waals surface area contributed by atoms with Crippen LogP contribution in [-0.4, -0.2) is 22.8 Å². The Balaban J connectivity index is 1.95. The third-order valence-electron chi connectivity index (χ3n) is 4.82. The number of methoxy groups -OCH3 is 1. The van der Waals surface area contributed by atoms with Crippen molar-refractivity contribution in [1.29, 1.82) is 10.7 Å². The fraction of sp³-hybridized carbons (Fsp3) is 0.190. The average Bonchev–Trinajstić information content (AvgIpc) is 3.04. The zero-order valence-electron chi connectivity index (χ0n) is 15.0. The number of nitrogens with one attached hydrogen (secondary N) is 1. The first-order chi connectivity index (χ1) is 13.1. The third-order valence-corrected chi connectivity index (χ3v) is 4.82. The Morgan fingerprint density at radius 2 is 1.85 bits per heavy atom. The second kappa shape index (κ2) is 6.61. The van der Waals surface area contributed by atoms with Crippen molar-refractivity contribution < 1.29 is 9.47 Å². The van der Waals surface area contributed by atoms with Gasteiger partial charge in [0.05, 0.1) is 18.7 Å². The standard InChI is InChI=1S/C21H18N4O2/c1-25-21-18(19(24-25)14-6-4-3-5-7-14)17(16(12-22)20(23)27-21)13-8-10-15(26-2)11-9-13/h3-11,16-17,23H,1-2H3. The first kappa shape index (κ1) is 16.9. The Bertz CT molecular complexity index is 1030. The lowest BCUT2D eigenvalue weighted by molar-refractivity contribution is 0.410. The van der Waals surface area contributed by atoms with Crippen LogP contribution in [0.25, 0.3) is 11.3 Å². The summed E-state index contributed by atoms with van der Waals surface area (Å²) in [6, 6.07) is 19.6. The van der Waals surface area contributed by atoms with Crippen LogP contribution < -0.4 is 9.47 Å². The van der Waals surface area contributed by atoms with Crippen molar-refractivity contribution in [1.82, 2.24) is 9.78 Å². The lowest BCUT2D eigenvalue weighted by atomic mass is 9.79. The van der Waals surface area contributed by atoms with E-state index in [1.807, 2.05) is 54.6 Å². The van der Waals surface area contributed by atoms with E-state index in [4.69, 9.17) is 14.9 Å². The van der Waals surface area contributed by atoms with Crippen LogP contribution in [-0.2, 0) is 7.05 Å². The fourth-order valence-corrected chi connectivity index (χ4v) is 3.52. The molecule has 6 nitrogen and oxygen atoms in total. The highest BCUT2D eigenvalue weighted by Gasteiger charge is 2.41. The van der Waals surface area contributed by atoms with E-state index in [2.05, 4.69) is 11.2 Å². The van der Waals surface area contributed by atoms with Gasteiger partial charge < -0.3 is 9.47 Å². The second-order valence-electron chi connectivity index (χ2n) is 6.38. The van der Waals surface area contributed by atoms with E-state index in [9.17, 15) is 5.26 Å². The molecule has 27 heavy (non-hydrogen) atoms. The van der Waals surface area contributed by atoms with Gasteiger partial charge >= 0.3 is 0 Å². The van der Waals surface area contributed by atoms with E-state index in [1.165, 1.54) is 0 Å². The summed E-state index contributed by atoms with van der Waals surface area (Å²) < 4.78 is 12.6. The zero-order chi connectivity index (χ0) is 19.0. The van der Waals surface area contributed by atoms with Crippen molar-refractivity contribution in [3.8, 4) is 29.0 Å². The van der Waals surface area contributed by atoms with Gasteiger partial charge in [0.25, 0.3) is 0 Å². The molecule has 0 saturated carbocycles. The van der Waals surface area contributed by atoms with Crippen LogP contribution >= 0.6 is 0 Å². The molecule has 3 aromatic rings. The van der Waals surface area contributed by atoms with Crippen LogP contribution in [0.3, 0.4) is 0 Å². The van der Waals surface area contributed by atoms with Crippen molar-refractivity contribution in [3.05, 3.63) is 65.7 Å². The van der Waals surface area contributed by atoms with Crippen LogP contribution in [0, 0.1) is 22.7 Å². The first-order valence-corrected chi connectivity index (χ1v) is 8.56. The number of fused-ring (bicyclic) bond motifs is 1. The molecular weight excluding hydrogens is 340 g/mol. The molecule has 1 aliphatic heterocycles. The van der Waals surface area contributed by atoms with Crippen molar-refractivity contribution in [3.63, 3.8) is 0 Å². The lowest BCUT2D eigenvalue weighted by Gasteiger charge is -2.29. The van der Waals surface area contributed by atoms with Crippen LogP contribution in [0.2, 0.25) is 0 Å². The van der Waals surface area contributed by atoms with Gasteiger partial charge in [-0.3, -0.25) is 5.41 Å². The molecule has 0 saturated heterocycles. The minimum Gasteiger partial charge on any atom is -0.497 e. The molecule has 6 heteroatoms. The van der Waals surface area contributed by atoms with Crippen molar-refractivity contribution in [2.24, 2.45) is 13.0 Å². The molecule has 0 amide bonds. The molecule has 134 valence electrons. The summed E-state index contributed by atoms with van der Waals surface area (Å²) in [5, 5.41) is 22.6. The Morgan fingerprint density at radius 3 is 2.48 bits per heavy atom. The highest BCUT2D eigenvalue weighted by molar-refractivity contribution is 5.86. The number of nitriles is 1. The number of aromatic nitrogens is 2. The van der Waals surface area contributed by atoms with Gasteiger partial charge in [0.1, 0.15) is 17.4 Å². The zero-order valence-corrected chi connectivity index (χ0v) is 15.0. The molecule has 1 aliphatic rings. The number of ether oxygens (including phenoxy) is 2. The third kappa shape index (κ3) is 2.74. The van der Waals surface area contributed by atoms with E-state index < -0.39 is 5.92 Å². The molecule has 1 N–H and O–H groups in total. The maximum atomic E-state index is 9.77. The van der Waals surface area contributed by atoms with E-state index in [0.29, 0.717) is 5.88 Å². The smallest absolute Gasteiger partial charge is 0.223 e. The van der Waals surface area contributed by atoms with E-state index in [-0.39, 0.29) is 11.8 Å². The van der Waals surface area contributed by atoms with E-state index >= 15 is 0 Å². The average molecular weight is 358 g/mol. The number of benzene rings is 2. The highest BCUT2D eigenvalue weighted by Crippen LogP contribution is 2.46. The Labute approximate surface area is 157 Å². The molecule has 2 unspecified atom stereocenters. The molecule has 2 heterocycles. The minimum absolute atomic E-state index is 0.0616. The number of aryl methyl sites for hydroxylation is 1. The highest BCUT2D eigenvalue weighted by atomic mass is 16.5. The van der Waals surface area contributed by atoms with E-state index in [0.717, 1.165) is 28.1 Å². The topological polar surface area (TPSA) is 83.9 Å². The van der Waals surface area contributed by atoms with Gasteiger partial charge in [0, 0.05) is 18.5 Å². The quantitative estimate of drug-likeness (QED) is 0.773. The van der Waals surface area contributed by atoms with Crippen LogP contribution in [0.1, 0.15) is 17.0 Å². The Morgan fingerprint density at radius 1 is 1.15 bits per heavy atom. The largest absolute Gasteiger partial charge is 0.497 e. The molecule has 0 fully saturated rings. The first-order valence-electron chi connectivity index (χ1n) is 8.56. The molecule has 2 aromatic carbocycles. The molecular formula is C21H18N4O2. The summed E-state index contributed by atoms with van der Waals surface area (Å²) in [6.07, 6.45) is 0. The number of nitrogens with zero attached hydrogens (tertiary/aromatic N) is 3. The normalized spacial score (nSPS) is 18.3. The van der Waals surface area contributed by atoms with Crippen LogP contribution in [0.4, 0.5) is 0 Å². The molecule has 1 aromatic heterocycles. The summed E-state index contributed by atoms with van der Waals surface area (Å²) in [5.74, 6) is 0.113. The molecule has 4 rings (SSSR count). The second-order valence-corrected chi connectivity index (χ2v) is 6.38. The van der Waals surface area contributed by atoms with Gasteiger partial charge in [-0.1, -0.05) is 42.5 Å². The lowest BCUT2D eigenvalue weighted by Crippen LogP contribution is -2.31.